The molecule has 4 nitrogen and oxygen atoms in total. The summed E-state index contributed by atoms with van der Waals surface area (Å²) in [6.45, 7) is 4.21. The van der Waals surface area contributed by atoms with E-state index in [1.807, 2.05) is 24.3 Å². The molecule has 1 aliphatic rings. The highest BCUT2D eigenvalue weighted by atomic mass is 32.2. The van der Waals surface area contributed by atoms with E-state index in [1.165, 1.54) is 16.7 Å². The molecular weight excluding hydrogens is 306 g/mol. The van der Waals surface area contributed by atoms with Crippen molar-refractivity contribution < 1.29 is 4.74 Å². The number of nitrogens with one attached hydrogen (secondary N) is 1. The minimum Gasteiger partial charge on any atom is -0.497 e. The van der Waals surface area contributed by atoms with Crippen molar-refractivity contribution in [2.45, 2.75) is 13.8 Å². The standard InChI is InChI=1S/C18H19N3OS/c1-12-4-5-13(2)16(10-12)17-11-23-18(21-20-17)19-14-6-8-15(22-3)9-7-14/h4-10H,11H2,1-3H3,(H,19,21). The van der Waals surface area contributed by atoms with Gasteiger partial charge in [-0.1, -0.05) is 29.5 Å². The molecule has 0 saturated heterocycles. The lowest BCUT2D eigenvalue weighted by molar-refractivity contribution is 0.415. The highest BCUT2D eigenvalue weighted by Crippen LogP contribution is 2.22. The van der Waals surface area contributed by atoms with Crippen molar-refractivity contribution in [3.63, 3.8) is 0 Å². The molecule has 0 spiro atoms. The molecule has 1 N–H and O–H groups in total. The van der Waals surface area contributed by atoms with Crippen LogP contribution < -0.4 is 10.2 Å². The maximum atomic E-state index is 5.15. The van der Waals surface area contributed by atoms with Crippen molar-refractivity contribution >= 4 is 28.3 Å². The first-order valence-electron chi connectivity index (χ1n) is 7.41. The summed E-state index contributed by atoms with van der Waals surface area (Å²) < 4.78 is 5.15. The second kappa shape index (κ2) is 6.87. The third-order valence-corrected chi connectivity index (χ3v) is 4.51. The Morgan fingerprint density at radius 3 is 2.57 bits per heavy atom. The molecule has 0 bridgehead atoms. The second-order valence-corrected chi connectivity index (χ2v) is 6.36. The molecule has 2 aromatic rings. The molecule has 3 rings (SSSR count). The molecule has 1 heterocycles. The Hall–Kier alpha value is -2.27. The van der Waals surface area contributed by atoms with Crippen molar-refractivity contribution in [2.75, 3.05) is 12.9 Å². The number of methoxy groups -OCH3 is 1. The van der Waals surface area contributed by atoms with Crippen molar-refractivity contribution in [3.05, 3.63) is 59.2 Å². The normalized spacial score (nSPS) is 16.0. The number of hydrogen-bond donors (Lipinski definition) is 1. The lowest BCUT2D eigenvalue weighted by Crippen LogP contribution is -2.25. The summed E-state index contributed by atoms with van der Waals surface area (Å²) in [5.74, 6) is 1.64. The van der Waals surface area contributed by atoms with Gasteiger partial charge in [-0.3, -0.25) is 5.43 Å². The summed E-state index contributed by atoms with van der Waals surface area (Å²) in [5, 5.41) is 5.31. The van der Waals surface area contributed by atoms with Gasteiger partial charge >= 0.3 is 0 Å². The van der Waals surface area contributed by atoms with E-state index in [1.54, 1.807) is 18.9 Å². The number of hydrogen-bond acceptors (Lipinski definition) is 4. The number of aliphatic imine (C=N–C) groups is 1. The second-order valence-electron chi connectivity index (χ2n) is 5.39. The molecule has 0 aliphatic carbocycles. The smallest absolute Gasteiger partial charge is 0.182 e. The molecule has 23 heavy (non-hydrogen) atoms. The average Bonchev–Trinajstić information content (AvgIpc) is 2.58. The monoisotopic (exact) mass is 325 g/mol. The van der Waals surface area contributed by atoms with E-state index in [9.17, 15) is 0 Å². The minimum absolute atomic E-state index is 0.809. The van der Waals surface area contributed by atoms with Gasteiger partial charge in [0.2, 0.25) is 0 Å². The van der Waals surface area contributed by atoms with Crippen LogP contribution >= 0.6 is 11.8 Å². The topological polar surface area (TPSA) is 46.0 Å². The van der Waals surface area contributed by atoms with Crippen LogP contribution in [0, 0.1) is 13.8 Å². The first-order chi connectivity index (χ1) is 11.2. The number of benzene rings is 2. The maximum absolute atomic E-state index is 5.15. The Morgan fingerprint density at radius 2 is 1.91 bits per heavy atom. The lowest BCUT2D eigenvalue weighted by Gasteiger charge is -2.16. The largest absolute Gasteiger partial charge is 0.497 e. The van der Waals surface area contributed by atoms with Gasteiger partial charge in [-0.05, 0) is 49.7 Å². The zero-order valence-corrected chi connectivity index (χ0v) is 14.3. The summed E-state index contributed by atoms with van der Waals surface area (Å²) in [6.07, 6.45) is 0. The van der Waals surface area contributed by atoms with E-state index in [-0.39, 0.29) is 0 Å². The number of nitrogens with zero attached hydrogens (tertiary/aromatic N) is 2. The van der Waals surface area contributed by atoms with Crippen LogP contribution in [0.5, 0.6) is 5.75 Å². The maximum Gasteiger partial charge on any atom is 0.182 e. The van der Waals surface area contributed by atoms with Gasteiger partial charge in [-0.2, -0.15) is 5.10 Å². The lowest BCUT2D eigenvalue weighted by atomic mass is 10.0. The molecule has 0 amide bonds. The van der Waals surface area contributed by atoms with E-state index in [0.29, 0.717) is 0 Å². The van der Waals surface area contributed by atoms with Crippen LogP contribution in [-0.2, 0) is 0 Å². The Labute approximate surface area is 140 Å². The van der Waals surface area contributed by atoms with Crippen LogP contribution in [0.25, 0.3) is 0 Å². The Balaban J connectivity index is 1.77. The molecule has 0 fully saturated rings. The molecule has 0 radical (unpaired) electrons. The molecule has 1 aliphatic heterocycles. The molecule has 0 unspecified atom stereocenters. The first kappa shape index (κ1) is 15.6. The molecular formula is C18H19N3OS. The summed E-state index contributed by atoms with van der Waals surface area (Å²) in [5.41, 5.74) is 8.69. The number of thioether (sulfide) groups is 1. The average molecular weight is 325 g/mol. The zero-order valence-electron chi connectivity index (χ0n) is 13.5. The fraction of sp³-hybridized carbons (Fsp3) is 0.222. The van der Waals surface area contributed by atoms with E-state index in [0.717, 1.165) is 28.1 Å². The van der Waals surface area contributed by atoms with Gasteiger partial charge < -0.3 is 4.74 Å². The number of amidine groups is 1. The van der Waals surface area contributed by atoms with Crippen LogP contribution in [0.3, 0.4) is 0 Å². The fourth-order valence-corrected chi connectivity index (χ4v) is 3.11. The zero-order chi connectivity index (χ0) is 16.2. The minimum atomic E-state index is 0.809. The summed E-state index contributed by atoms with van der Waals surface area (Å²) in [6, 6.07) is 14.1. The molecule has 118 valence electrons. The van der Waals surface area contributed by atoms with Crippen molar-refractivity contribution in [1.82, 2.24) is 5.43 Å². The quantitative estimate of drug-likeness (QED) is 0.926. The summed E-state index contributed by atoms with van der Waals surface area (Å²) in [7, 11) is 1.66. The van der Waals surface area contributed by atoms with Crippen molar-refractivity contribution in [1.29, 1.82) is 0 Å². The van der Waals surface area contributed by atoms with Gasteiger partial charge in [0.15, 0.2) is 5.17 Å². The van der Waals surface area contributed by atoms with Gasteiger partial charge in [0.1, 0.15) is 5.75 Å². The van der Waals surface area contributed by atoms with Gasteiger partial charge in [0.05, 0.1) is 18.5 Å². The molecule has 2 aromatic carbocycles. The molecule has 0 aromatic heterocycles. The van der Waals surface area contributed by atoms with Crippen LogP contribution in [0.15, 0.2) is 52.6 Å². The highest BCUT2D eigenvalue weighted by Gasteiger charge is 2.15. The predicted octanol–water partition coefficient (Wildman–Crippen LogP) is 4.04. The highest BCUT2D eigenvalue weighted by molar-refractivity contribution is 8.14. The van der Waals surface area contributed by atoms with Crippen LogP contribution in [0.2, 0.25) is 0 Å². The van der Waals surface area contributed by atoms with Gasteiger partial charge in [-0.25, -0.2) is 4.99 Å². The van der Waals surface area contributed by atoms with E-state index in [4.69, 9.17) is 4.74 Å². The number of rotatable bonds is 3. The first-order valence-corrected chi connectivity index (χ1v) is 8.40. The van der Waals surface area contributed by atoms with E-state index < -0.39 is 0 Å². The predicted molar refractivity (Wildman–Crippen MR) is 98.1 cm³/mol. The molecule has 0 atom stereocenters. The number of aryl methyl sites for hydroxylation is 2. The van der Waals surface area contributed by atoms with Crippen molar-refractivity contribution in [3.8, 4) is 5.75 Å². The third kappa shape index (κ3) is 3.74. The third-order valence-electron chi connectivity index (χ3n) is 3.64. The summed E-state index contributed by atoms with van der Waals surface area (Å²) in [4.78, 5) is 4.57. The fourth-order valence-electron chi connectivity index (χ4n) is 2.33. The molecule has 5 heteroatoms. The van der Waals surface area contributed by atoms with Crippen LogP contribution in [0.4, 0.5) is 5.69 Å². The Kier molecular flexibility index (Phi) is 4.67. The van der Waals surface area contributed by atoms with Crippen molar-refractivity contribution in [2.24, 2.45) is 10.1 Å². The number of hydrazone groups is 1. The number of ether oxygens (including phenoxy) is 1. The van der Waals surface area contributed by atoms with E-state index >= 15 is 0 Å². The SMILES string of the molecule is COc1ccc(N=C2NN=C(c3cc(C)ccc3C)CS2)cc1. The van der Waals surface area contributed by atoms with Gasteiger partial charge in [0, 0.05) is 11.3 Å². The molecule has 0 saturated carbocycles. The van der Waals surface area contributed by atoms with Gasteiger partial charge in [0.25, 0.3) is 0 Å². The van der Waals surface area contributed by atoms with Crippen LogP contribution in [-0.4, -0.2) is 23.7 Å². The summed E-state index contributed by atoms with van der Waals surface area (Å²) >= 11 is 1.66. The van der Waals surface area contributed by atoms with Gasteiger partial charge in [-0.15, -0.1) is 0 Å². The Morgan fingerprint density at radius 1 is 1.13 bits per heavy atom. The van der Waals surface area contributed by atoms with Crippen LogP contribution in [0.1, 0.15) is 16.7 Å². The Bertz CT molecular complexity index is 766. The van der Waals surface area contributed by atoms with E-state index in [2.05, 4.69) is 47.6 Å².